The summed E-state index contributed by atoms with van der Waals surface area (Å²) in [4.78, 5) is 53.4. The highest BCUT2D eigenvalue weighted by atomic mass is 35.5. The van der Waals surface area contributed by atoms with Gasteiger partial charge in [0.1, 0.15) is 23.7 Å². The van der Waals surface area contributed by atoms with Gasteiger partial charge >= 0.3 is 11.9 Å². The summed E-state index contributed by atoms with van der Waals surface area (Å²) in [6.07, 6.45) is 1.75. The molecule has 2 aromatic rings. The van der Waals surface area contributed by atoms with Crippen LogP contribution in [0.3, 0.4) is 0 Å². The van der Waals surface area contributed by atoms with Crippen molar-refractivity contribution in [2.24, 2.45) is 0 Å². The third kappa shape index (κ3) is 4.80. The minimum Gasteiger partial charge on any atom is -0.477 e. The number of aromatic nitrogens is 1. The topological polar surface area (TPSA) is 138 Å². The van der Waals surface area contributed by atoms with E-state index in [-0.39, 0.29) is 30.4 Å². The summed E-state index contributed by atoms with van der Waals surface area (Å²) in [5.41, 5.74) is 1.69. The predicted molar refractivity (Wildman–Crippen MR) is 126 cm³/mol. The Morgan fingerprint density at radius 1 is 1.32 bits per heavy atom. The lowest BCUT2D eigenvalue weighted by Crippen LogP contribution is -2.70. The largest absolute Gasteiger partial charge is 0.477 e. The van der Waals surface area contributed by atoms with Crippen molar-refractivity contribution < 1.29 is 29.0 Å². The molecule has 0 unspecified atom stereocenters. The number of ether oxygens (including phenoxy) is 1. The molecule has 1 aromatic heterocycles. The van der Waals surface area contributed by atoms with Crippen LogP contribution in [0.25, 0.3) is 10.9 Å². The van der Waals surface area contributed by atoms with Crippen LogP contribution in [0.15, 0.2) is 41.7 Å². The van der Waals surface area contributed by atoms with Gasteiger partial charge in [-0.05, 0) is 24.3 Å². The van der Waals surface area contributed by atoms with Crippen molar-refractivity contribution in [3.05, 3.63) is 46.8 Å². The molecular weight excluding hydrogens is 484 g/mol. The van der Waals surface area contributed by atoms with Crippen molar-refractivity contribution >= 4 is 63.7 Å². The summed E-state index contributed by atoms with van der Waals surface area (Å²) in [5.74, 6) is -2.38. The molecule has 12 heteroatoms. The van der Waals surface area contributed by atoms with Crippen molar-refractivity contribution in [1.29, 1.82) is 0 Å². The highest BCUT2D eigenvalue weighted by molar-refractivity contribution is 8.00. The molecule has 1 aromatic carbocycles. The van der Waals surface area contributed by atoms with Crippen LogP contribution in [0.4, 0.5) is 5.69 Å². The Morgan fingerprint density at radius 2 is 2.12 bits per heavy atom. The fourth-order valence-electron chi connectivity index (χ4n) is 3.81. The Hall–Kier alpha value is -3.31. The Balaban J connectivity index is 1.34. The molecule has 2 aliphatic rings. The molecule has 0 saturated carbocycles. The van der Waals surface area contributed by atoms with Gasteiger partial charge in [0.25, 0.3) is 5.91 Å². The average molecular weight is 505 g/mol. The summed E-state index contributed by atoms with van der Waals surface area (Å²) in [5, 5.41) is 16.4. The van der Waals surface area contributed by atoms with Gasteiger partial charge in [-0.3, -0.25) is 24.3 Å². The third-order valence-corrected chi connectivity index (χ3v) is 6.96. The SMILES string of the molecule is CC(=O)OCC1=C(C(=O)O)N2C(=O)[C@@H](NC(=O)CCNc3ccnc4cc(Cl)ccc34)[C@H]2SC1. The molecule has 178 valence electrons. The Morgan fingerprint density at radius 3 is 2.85 bits per heavy atom. The number of rotatable bonds is 8. The molecule has 1 saturated heterocycles. The molecule has 10 nitrogen and oxygen atoms in total. The van der Waals surface area contributed by atoms with Crippen molar-refractivity contribution in [3.63, 3.8) is 0 Å². The van der Waals surface area contributed by atoms with E-state index in [1.807, 2.05) is 6.07 Å². The number of thioether (sulfide) groups is 1. The summed E-state index contributed by atoms with van der Waals surface area (Å²) in [6.45, 7) is 1.35. The number of nitrogens with one attached hydrogen (secondary N) is 2. The van der Waals surface area contributed by atoms with E-state index >= 15 is 0 Å². The van der Waals surface area contributed by atoms with Gasteiger partial charge in [-0.25, -0.2) is 4.79 Å². The van der Waals surface area contributed by atoms with Crippen LogP contribution < -0.4 is 10.6 Å². The number of amides is 2. The molecule has 0 spiro atoms. The molecule has 4 rings (SSSR count). The molecular formula is C22H21ClN4O6S. The zero-order valence-corrected chi connectivity index (χ0v) is 19.6. The Kier molecular flexibility index (Phi) is 6.94. The molecule has 0 aliphatic carbocycles. The van der Waals surface area contributed by atoms with Gasteiger partial charge in [0.2, 0.25) is 5.91 Å². The van der Waals surface area contributed by atoms with E-state index in [1.165, 1.54) is 18.7 Å². The first-order valence-corrected chi connectivity index (χ1v) is 11.8. The second-order valence-corrected chi connectivity index (χ2v) is 9.23. The number of anilines is 1. The number of fused-ring (bicyclic) bond motifs is 2. The van der Waals surface area contributed by atoms with E-state index in [0.29, 0.717) is 17.1 Å². The monoisotopic (exact) mass is 504 g/mol. The van der Waals surface area contributed by atoms with Crippen LogP contribution in [0.1, 0.15) is 13.3 Å². The van der Waals surface area contributed by atoms with Gasteiger partial charge in [-0.1, -0.05) is 11.6 Å². The van der Waals surface area contributed by atoms with Crippen LogP contribution >= 0.6 is 23.4 Å². The maximum Gasteiger partial charge on any atom is 0.352 e. The lowest BCUT2D eigenvalue weighted by atomic mass is 10.0. The zero-order chi connectivity index (χ0) is 24.4. The van der Waals surface area contributed by atoms with Crippen molar-refractivity contribution in [1.82, 2.24) is 15.2 Å². The number of aliphatic carboxylic acids is 1. The van der Waals surface area contributed by atoms with E-state index in [4.69, 9.17) is 16.3 Å². The normalized spacial score (nSPS) is 19.4. The maximum atomic E-state index is 12.7. The maximum absolute atomic E-state index is 12.7. The van der Waals surface area contributed by atoms with Gasteiger partial charge in [-0.15, -0.1) is 11.8 Å². The zero-order valence-electron chi connectivity index (χ0n) is 18.0. The van der Waals surface area contributed by atoms with Crippen LogP contribution in [0.5, 0.6) is 0 Å². The molecule has 0 bridgehead atoms. The number of carboxylic acids is 1. The van der Waals surface area contributed by atoms with E-state index in [0.717, 1.165) is 21.5 Å². The molecule has 0 radical (unpaired) electrons. The molecule has 2 amide bonds. The second kappa shape index (κ2) is 9.90. The number of carbonyl (C=O) groups excluding carboxylic acids is 3. The number of esters is 1. The fraction of sp³-hybridized carbons (Fsp3) is 0.318. The first kappa shape index (κ1) is 23.8. The molecule has 3 N–H and O–H groups in total. The molecule has 2 atom stereocenters. The second-order valence-electron chi connectivity index (χ2n) is 7.69. The van der Waals surface area contributed by atoms with Gasteiger partial charge in [0.05, 0.1) is 5.52 Å². The third-order valence-electron chi connectivity index (χ3n) is 5.39. The molecule has 1 fully saturated rings. The van der Waals surface area contributed by atoms with E-state index < -0.39 is 29.3 Å². The predicted octanol–water partition coefficient (Wildman–Crippen LogP) is 1.99. The van der Waals surface area contributed by atoms with Crippen LogP contribution in [0.2, 0.25) is 5.02 Å². The fourth-order valence-corrected chi connectivity index (χ4v) is 5.31. The number of benzene rings is 1. The lowest BCUT2D eigenvalue weighted by Gasteiger charge is -2.49. The smallest absolute Gasteiger partial charge is 0.352 e. The summed E-state index contributed by atoms with van der Waals surface area (Å²) in [6, 6.07) is 6.34. The molecule has 3 heterocycles. The standard InChI is InChI=1S/C22H21ClN4O6S/c1-11(28)33-9-12-10-34-21-18(20(30)27(21)19(12)22(31)32)26-17(29)5-7-24-15-4-6-25-16-8-13(23)2-3-14(15)16/h2-4,6,8,18,21H,5,7,9-10H2,1H3,(H,24,25)(H,26,29)(H,31,32)/t18-,21-/m1/s1. The number of halogens is 1. The number of carboxylic acid groups (broad SMARTS) is 1. The highest BCUT2D eigenvalue weighted by Crippen LogP contribution is 2.40. The number of carbonyl (C=O) groups is 4. The van der Waals surface area contributed by atoms with Gasteiger partial charge in [-0.2, -0.15) is 0 Å². The summed E-state index contributed by atoms with van der Waals surface area (Å²) in [7, 11) is 0. The number of hydrogen-bond donors (Lipinski definition) is 3. The van der Waals surface area contributed by atoms with Crippen LogP contribution in [0, 0.1) is 0 Å². The number of hydrogen-bond acceptors (Lipinski definition) is 8. The minimum atomic E-state index is -1.28. The molecule has 2 aliphatic heterocycles. The number of β-lactam (4-membered cyclic amide) rings is 1. The Labute approximate surface area is 203 Å². The van der Waals surface area contributed by atoms with Crippen molar-refractivity contribution in [2.45, 2.75) is 24.8 Å². The Bertz CT molecular complexity index is 1220. The highest BCUT2D eigenvalue weighted by Gasteiger charge is 2.54. The minimum absolute atomic E-state index is 0.109. The summed E-state index contributed by atoms with van der Waals surface area (Å²) >= 11 is 7.32. The van der Waals surface area contributed by atoms with Gasteiger partial charge in [0, 0.05) is 53.5 Å². The van der Waals surface area contributed by atoms with Crippen molar-refractivity contribution in [3.8, 4) is 0 Å². The van der Waals surface area contributed by atoms with E-state index in [9.17, 15) is 24.3 Å². The average Bonchev–Trinajstić information content (AvgIpc) is 2.80. The van der Waals surface area contributed by atoms with Gasteiger partial charge in [0.15, 0.2) is 0 Å². The molecule has 34 heavy (non-hydrogen) atoms. The quantitative estimate of drug-likeness (QED) is 0.364. The van der Waals surface area contributed by atoms with E-state index in [1.54, 1.807) is 24.4 Å². The first-order chi connectivity index (χ1) is 16.3. The number of pyridine rings is 1. The van der Waals surface area contributed by atoms with Crippen molar-refractivity contribution in [2.75, 3.05) is 24.2 Å². The van der Waals surface area contributed by atoms with Crippen LogP contribution in [-0.4, -0.2) is 69.1 Å². The van der Waals surface area contributed by atoms with Gasteiger partial charge < -0.3 is 20.5 Å². The van der Waals surface area contributed by atoms with E-state index in [2.05, 4.69) is 15.6 Å². The summed E-state index contributed by atoms with van der Waals surface area (Å²) < 4.78 is 4.91. The van der Waals surface area contributed by atoms with Crippen LogP contribution in [-0.2, 0) is 23.9 Å². The lowest BCUT2D eigenvalue weighted by molar-refractivity contribution is -0.151. The number of nitrogens with zero attached hydrogens (tertiary/aromatic N) is 2. The first-order valence-electron chi connectivity index (χ1n) is 10.4.